The zero-order valence-electron chi connectivity index (χ0n) is 9.10. The number of nitrogens with one attached hydrogen (secondary N) is 2. The van der Waals surface area contributed by atoms with Gasteiger partial charge in [-0.1, -0.05) is 6.92 Å². The molecule has 1 aromatic carbocycles. The Balaban J connectivity index is 3.13. The lowest BCUT2D eigenvalue weighted by molar-refractivity contribution is 0.0698. The third-order valence-electron chi connectivity index (χ3n) is 1.85. The number of hydrogen-bond donors (Lipinski definition) is 4. The van der Waals surface area contributed by atoms with Crippen molar-refractivity contribution >= 4 is 27.6 Å². The first-order chi connectivity index (χ1) is 7.85. The number of aromatic carboxylic acids is 1. The molecule has 0 aliphatic carbocycles. The minimum Gasteiger partial charge on any atom is -0.478 e. The molecule has 0 aliphatic heterocycles. The van der Waals surface area contributed by atoms with E-state index in [-0.39, 0.29) is 23.5 Å². The van der Waals surface area contributed by atoms with Crippen LogP contribution in [0.15, 0.2) is 18.2 Å². The van der Waals surface area contributed by atoms with Gasteiger partial charge in [0.2, 0.25) is 0 Å². The van der Waals surface area contributed by atoms with Crippen molar-refractivity contribution in [3.8, 4) is 0 Å². The van der Waals surface area contributed by atoms with Gasteiger partial charge in [-0.2, -0.15) is 13.1 Å². The molecule has 1 rings (SSSR count). The van der Waals surface area contributed by atoms with Crippen LogP contribution in [0, 0.1) is 0 Å². The number of benzene rings is 1. The molecule has 17 heavy (non-hydrogen) atoms. The van der Waals surface area contributed by atoms with Crippen molar-refractivity contribution in [2.45, 2.75) is 6.92 Å². The van der Waals surface area contributed by atoms with Gasteiger partial charge in [0, 0.05) is 12.2 Å². The van der Waals surface area contributed by atoms with Crippen LogP contribution in [-0.4, -0.2) is 26.0 Å². The van der Waals surface area contributed by atoms with Crippen LogP contribution in [0.2, 0.25) is 0 Å². The zero-order valence-corrected chi connectivity index (χ0v) is 9.91. The summed E-state index contributed by atoms with van der Waals surface area (Å²) in [6, 6.07) is 3.87. The summed E-state index contributed by atoms with van der Waals surface area (Å²) < 4.78 is 27.2. The van der Waals surface area contributed by atoms with E-state index < -0.39 is 16.2 Å². The topological polar surface area (TPSA) is 122 Å². The number of anilines is 2. The molecule has 0 spiro atoms. The molecule has 8 heteroatoms. The molecule has 0 aliphatic rings. The largest absolute Gasteiger partial charge is 0.478 e. The molecule has 0 radical (unpaired) electrons. The van der Waals surface area contributed by atoms with Gasteiger partial charge in [-0.3, -0.25) is 4.72 Å². The summed E-state index contributed by atoms with van der Waals surface area (Å²) in [5.74, 6) is -1.24. The molecule has 7 nitrogen and oxygen atoms in total. The lowest BCUT2D eigenvalue weighted by Crippen LogP contribution is -2.30. The molecule has 0 unspecified atom stereocenters. The maximum Gasteiger partial charge on any atom is 0.337 e. The van der Waals surface area contributed by atoms with E-state index in [0.29, 0.717) is 0 Å². The molecule has 0 amide bonds. The van der Waals surface area contributed by atoms with E-state index in [0.717, 1.165) is 0 Å². The maximum atomic E-state index is 11.4. The van der Waals surface area contributed by atoms with Gasteiger partial charge >= 0.3 is 5.97 Å². The Hall–Kier alpha value is -1.80. The normalized spacial score (nSPS) is 11.1. The van der Waals surface area contributed by atoms with E-state index in [1.807, 2.05) is 0 Å². The highest BCUT2D eigenvalue weighted by Crippen LogP contribution is 2.20. The van der Waals surface area contributed by atoms with E-state index in [1.165, 1.54) is 18.2 Å². The van der Waals surface area contributed by atoms with Crippen LogP contribution >= 0.6 is 0 Å². The number of hydrogen-bond acceptors (Lipinski definition) is 4. The Kier molecular flexibility index (Phi) is 3.92. The summed E-state index contributed by atoms with van der Waals surface area (Å²) in [4.78, 5) is 10.9. The fraction of sp³-hybridized carbons (Fsp3) is 0.222. The second kappa shape index (κ2) is 5.02. The highest BCUT2D eigenvalue weighted by molar-refractivity contribution is 7.90. The fourth-order valence-electron chi connectivity index (χ4n) is 1.20. The van der Waals surface area contributed by atoms with Crippen molar-refractivity contribution in [2.75, 3.05) is 17.0 Å². The lowest BCUT2D eigenvalue weighted by atomic mass is 10.1. The van der Waals surface area contributed by atoms with E-state index in [4.69, 9.17) is 10.8 Å². The van der Waals surface area contributed by atoms with Gasteiger partial charge in [0.1, 0.15) is 0 Å². The molecule has 0 aromatic heterocycles. The average Bonchev–Trinajstić information content (AvgIpc) is 2.15. The summed E-state index contributed by atoms with van der Waals surface area (Å²) >= 11 is 0. The smallest absolute Gasteiger partial charge is 0.337 e. The van der Waals surface area contributed by atoms with Gasteiger partial charge < -0.3 is 10.8 Å². The second-order valence-electron chi connectivity index (χ2n) is 3.21. The summed E-state index contributed by atoms with van der Waals surface area (Å²) in [6.07, 6.45) is 0. The Morgan fingerprint density at radius 2 is 2.12 bits per heavy atom. The van der Waals surface area contributed by atoms with Gasteiger partial charge in [0.05, 0.1) is 11.3 Å². The van der Waals surface area contributed by atoms with E-state index in [1.54, 1.807) is 6.92 Å². The third-order valence-corrected chi connectivity index (χ3v) is 3.01. The quantitative estimate of drug-likeness (QED) is 0.564. The Labute approximate surface area is 98.8 Å². The molecule has 0 bridgehead atoms. The summed E-state index contributed by atoms with van der Waals surface area (Å²) in [5.41, 5.74) is 5.50. The van der Waals surface area contributed by atoms with Crippen LogP contribution in [0.5, 0.6) is 0 Å². The van der Waals surface area contributed by atoms with Crippen LogP contribution in [0.25, 0.3) is 0 Å². The van der Waals surface area contributed by atoms with Crippen LogP contribution in [0.3, 0.4) is 0 Å². The van der Waals surface area contributed by atoms with Crippen molar-refractivity contribution in [2.24, 2.45) is 0 Å². The zero-order chi connectivity index (χ0) is 13.1. The van der Waals surface area contributed by atoms with E-state index in [9.17, 15) is 13.2 Å². The number of carboxylic acids is 1. The first kappa shape index (κ1) is 13.3. The van der Waals surface area contributed by atoms with Crippen molar-refractivity contribution in [1.82, 2.24) is 4.72 Å². The number of nitrogens with two attached hydrogens (primary N) is 1. The van der Waals surface area contributed by atoms with Crippen molar-refractivity contribution in [1.29, 1.82) is 0 Å². The molecule has 0 fully saturated rings. The molecule has 0 atom stereocenters. The molecular formula is C9H13N3O4S. The van der Waals surface area contributed by atoms with E-state index in [2.05, 4.69) is 9.44 Å². The molecule has 0 heterocycles. The minimum atomic E-state index is -3.78. The van der Waals surface area contributed by atoms with Crippen molar-refractivity contribution in [3.05, 3.63) is 23.8 Å². The summed E-state index contributed by atoms with van der Waals surface area (Å²) in [5, 5.41) is 8.89. The summed E-state index contributed by atoms with van der Waals surface area (Å²) in [7, 11) is -3.78. The predicted octanol–water partition coefficient (Wildman–Crippen LogP) is 0.233. The first-order valence-corrected chi connectivity index (χ1v) is 6.24. The Morgan fingerprint density at radius 1 is 1.47 bits per heavy atom. The van der Waals surface area contributed by atoms with Crippen LogP contribution in [-0.2, 0) is 10.2 Å². The van der Waals surface area contributed by atoms with Gasteiger partial charge in [0.15, 0.2) is 0 Å². The van der Waals surface area contributed by atoms with Gasteiger partial charge in [-0.15, -0.1) is 0 Å². The standard InChI is InChI=1S/C9H13N3O4S/c1-2-11-17(15,16)12-8-5-6(10)3-4-7(8)9(13)14/h3-5,11-12H,2,10H2,1H3,(H,13,14). The molecular weight excluding hydrogens is 246 g/mol. The average molecular weight is 259 g/mol. The Morgan fingerprint density at radius 3 is 2.65 bits per heavy atom. The second-order valence-corrected chi connectivity index (χ2v) is 4.71. The highest BCUT2D eigenvalue weighted by Gasteiger charge is 2.15. The van der Waals surface area contributed by atoms with E-state index >= 15 is 0 Å². The Bertz CT molecular complexity index is 527. The number of carboxylic acid groups (broad SMARTS) is 1. The van der Waals surface area contributed by atoms with Gasteiger partial charge in [-0.05, 0) is 18.2 Å². The fourth-order valence-corrected chi connectivity index (χ4v) is 2.11. The monoisotopic (exact) mass is 259 g/mol. The van der Waals surface area contributed by atoms with Gasteiger partial charge in [-0.25, -0.2) is 4.79 Å². The minimum absolute atomic E-state index is 0.0709. The van der Waals surface area contributed by atoms with Crippen LogP contribution < -0.4 is 15.2 Å². The lowest BCUT2D eigenvalue weighted by Gasteiger charge is -2.11. The predicted molar refractivity (Wildman–Crippen MR) is 64.0 cm³/mol. The van der Waals surface area contributed by atoms with Crippen LogP contribution in [0.4, 0.5) is 11.4 Å². The van der Waals surface area contributed by atoms with Crippen molar-refractivity contribution in [3.63, 3.8) is 0 Å². The highest BCUT2D eigenvalue weighted by atomic mass is 32.2. The molecule has 94 valence electrons. The molecule has 5 N–H and O–H groups in total. The third kappa shape index (κ3) is 3.61. The van der Waals surface area contributed by atoms with Crippen molar-refractivity contribution < 1.29 is 18.3 Å². The molecule has 0 saturated carbocycles. The van der Waals surface area contributed by atoms with Crippen LogP contribution in [0.1, 0.15) is 17.3 Å². The van der Waals surface area contributed by atoms with Gasteiger partial charge in [0.25, 0.3) is 10.2 Å². The number of carbonyl (C=O) groups is 1. The molecule has 0 saturated heterocycles. The summed E-state index contributed by atoms with van der Waals surface area (Å²) in [6.45, 7) is 1.80. The number of nitrogen functional groups attached to an aromatic ring is 1. The maximum absolute atomic E-state index is 11.4. The SMILES string of the molecule is CCNS(=O)(=O)Nc1cc(N)ccc1C(=O)O. The molecule has 1 aromatic rings. The number of rotatable bonds is 5. The first-order valence-electron chi connectivity index (χ1n) is 4.76.